The summed E-state index contributed by atoms with van der Waals surface area (Å²) in [5.74, 6) is -0.331. The highest BCUT2D eigenvalue weighted by molar-refractivity contribution is 5.78. The third-order valence-corrected chi connectivity index (χ3v) is 2.16. The Morgan fingerprint density at radius 2 is 1.89 bits per heavy atom. The lowest BCUT2D eigenvalue weighted by Crippen LogP contribution is -2.37. The number of hydrogen-bond acceptors (Lipinski definition) is 5. The molecular formula is C13H26N2O4. The fourth-order valence-electron chi connectivity index (χ4n) is 1.35. The molecule has 0 bridgehead atoms. The van der Waals surface area contributed by atoms with E-state index in [1.54, 1.807) is 19.1 Å². The predicted octanol–water partition coefficient (Wildman–Crippen LogP) is 0.413. The van der Waals surface area contributed by atoms with Crippen LogP contribution in [0.25, 0.3) is 0 Å². The maximum atomic E-state index is 11.5. The lowest BCUT2D eigenvalue weighted by molar-refractivity contribution is -0.155. The van der Waals surface area contributed by atoms with Gasteiger partial charge in [-0.3, -0.25) is 14.5 Å². The fourth-order valence-corrected chi connectivity index (χ4v) is 1.35. The molecule has 0 aromatic carbocycles. The zero-order chi connectivity index (χ0) is 14.9. The molecule has 0 aromatic rings. The SMILES string of the molecule is COCCNC(=O)CN(C)CCC(=O)OC(C)(C)C. The molecule has 0 aliphatic heterocycles. The summed E-state index contributed by atoms with van der Waals surface area (Å²) in [7, 11) is 3.37. The molecule has 0 rings (SSSR count). The number of carbonyl (C=O) groups excluding carboxylic acids is 2. The minimum absolute atomic E-state index is 0.0799. The molecule has 0 atom stereocenters. The zero-order valence-corrected chi connectivity index (χ0v) is 12.6. The van der Waals surface area contributed by atoms with E-state index in [1.807, 2.05) is 20.8 Å². The Kier molecular flexibility index (Phi) is 8.34. The van der Waals surface area contributed by atoms with Crippen LogP contribution in [-0.2, 0) is 19.1 Å². The van der Waals surface area contributed by atoms with Crippen molar-refractivity contribution in [1.29, 1.82) is 0 Å². The lowest BCUT2D eigenvalue weighted by Gasteiger charge is -2.21. The maximum absolute atomic E-state index is 11.5. The van der Waals surface area contributed by atoms with Gasteiger partial charge in [0.15, 0.2) is 0 Å². The van der Waals surface area contributed by atoms with Crippen LogP contribution in [0, 0.1) is 0 Å². The highest BCUT2D eigenvalue weighted by atomic mass is 16.6. The largest absolute Gasteiger partial charge is 0.460 e. The summed E-state index contributed by atoms with van der Waals surface area (Å²) in [5.41, 5.74) is -0.465. The summed E-state index contributed by atoms with van der Waals surface area (Å²) in [5, 5.41) is 2.72. The minimum atomic E-state index is -0.465. The second-order valence-corrected chi connectivity index (χ2v) is 5.42. The number of nitrogens with one attached hydrogen (secondary N) is 1. The molecule has 0 heterocycles. The quantitative estimate of drug-likeness (QED) is 0.513. The molecule has 1 N–H and O–H groups in total. The average molecular weight is 274 g/mol. The molecule has 0 saturated carbocycles. The smallest absolute Gasteiger partial charge is 0.307 e. The minimum Gasteiger partial charge on any atom is -0.460 e. The van der Waals surface area contributed by atoms with Crippen molar-refractivity contribution in [2.24, 2.45) is 0 Å². The molecule has 6 nitrogen and oxygen atoms in total. The second kappa shape index (κ2) is 8.87. The Morgan fingerprint density at radius 3 is 2.42 bits per heavy atom. The van der Waals surface area contributed by atoms with Crippen LogP contribution in [0.4, 0.5) is 0 Å². The van der Waals surface area contributed by atoms with Crippen LogP contribution in [0.15, 0.2) is 0 Å². The summed E-state index contributed by atoms with van der Waals surface area (Å²) in [6, 6.07) is 0. The van der Waals surface area contributed by atoms with Gasteiger partial charge in [0.2, 0.25) is 5.91 Å². The first-order valence-corrected chi connectivity index (χ1v) is 6.40. The lowest BCUT2D eigenvalue weighted by atomic mass is 10.2. The van der Waals surface area contributed by atoms with E-state index >= 15 is 0 Å². The van der Waals surface area contributed by atoms with Crippen LogP contribution in [0.1, 0.15) is 27.2 Å². The Bertz CT molecular complexity index is 287. The molecule has 112 valence electrons. The van der Waals surface area contributed by atoms with Crippen molar-refractivity contribution in [3.8, 4) is 0 Å². The van der Waals surface area contributed by atoms with Gasteiger partial charge in [-0.2, -0.15) is 0 Å². The molecular weight excluding hydrogens is 248 g/mol. The van der Waals surface area contributed by atoms with Crippen molar-refractivity contribution in [2.45, 2.75) is 32.8 Å². The second-order valence-electron chi connectivity index (χ2n) is 5.42. The van der Waals surface area contributed by atoms with E-state index in [2.05, 4.69) is 5.32 Å². The van der Waals surface area contributed by atoms with Crippen molar-refractivity contribution in [2.75, 3.05) is 40.4 Å². The molecule has 0 aliphatic rings. The molecule has 0 saturated heterocycles. The summed E-state index contributed by atoms with van der Waals surface area (Å²) in [6.07, 6.45) is 0.277. The molecule has 6 heteroatoms. The van der Waals surface area contributed by atoms with Gasteiger partial charge < -0.3 is 14.8 Å². The number of esters is 1. The van der Waals surface area contributed by atoms with Crippen LogP contribution in [0.3, 0.4) is 0 Å². The Hall–Kier alpha value is -1.14. The molecule has 0 aromatic heterocycles. The van der Waals surface area contributed by atoms with Gasteiger partial charge in [0, 0.05) is 20.2 Å². The standard InChI is InChI=1S/C13H26N2O4/c1-13(2,3)19-12(17)6-8-15(4)10-11(16)14-7-9-18-5/h6-10H2,1-5H3,(H,14,16). The zero-order valence-electron chi connectivity index (χ0n) is 12.6. The first-order valence-electron chi connectivity index (χ1n) is 6.40. The molecule has 19 heavy (non-hydrogen) atoms. The van der Waals surface area contributed by atoms with Crippen molar-refractivity contribution in [3.63, 3.8) is 0 Å². The number of likely N-dealkylation sites (N-methyl/N-ethyl adjacent to an activating group) is 1. The van der Waals surface area contributed by atoms with Gasteiger partial charge in [-0.05, 0) is 27.8 Å². The number of methoxy groups -OCH3 is 1. The molecule has 1 amide bonds. The number of amides is 1. The number of carbonyl (C=O) groups is 2. The molecule has 0 spiro atoms. The Balaban J connectivity index is 3.77. The van der Waals surface area contributed by atoms with E-state index in [-0.39, 0.29) is 24.8 Å². The highest BCUT2D eigenvalue weighted by Crippen LogP contribution is 2.08. The van der Waals surface area contributed by atoms with Crippen LogP contribution < -0.4 is 5.32 Å². The number of rotatable bonds is 8. The number of nitrogens with zero attached hydrogens (tertiary/aromatic N) is 1. The summed E-state index contributed by atoms with van der Waals surface area (Å²) in [6.45, 7) is 7.23. The van der Waals surface area contributed by atoms with Gasteiger partial charge >= 0.3 is 5.97 Å². The van der Waals surface area contributed by atoms with Gasteiger partial charge in [0.05, 0.1) is 19.6 Å². The Morgan fingerprint density at radius 1 is 1.26 bits per heavy atom. The third-order valence-electron chi connectivity index (χ3n) is 2.16. The van der Waals surface area contributed by atoms with E-state index in [4.69, 9.17) is 9.47 Å². The Labute approximate surface area is 115 Å². The maximum Gasteiger partial charge on any atom is 0.307 e. The number of ether oxygens (including phenoxy) is 2. The predicted molar refractivity (Wildman–Crippen MR) is 72.8 cm³/mol. The van der Waals surface area contributed by atoms with Crippen molar-refractivity contribution in [1.82, 2.24) is 10.2 Å². The fraction of sp³-hybridized carbons (Fsp3) is 0.846. The first-order chi connectivity index (χ1) is 8.74. The van der Waals surface area contributed by atoms with Crippen LogP contribution in [-0.4, -0.2) is 62.8 Å². The summed E-state index contributed by atoms with van der Waals surface area (Å²) >= 11 is 0. The van der Waals surface area contributed by atoms with Crippen molar-refractivity contribution >= 4 is 11.9 Å². The highest BCUT2D eigenvalue weighted by Gasteiger charge is 2.16. The van der Waals surface area contributed by atoms with Crippen LogP contribution in [0.5, 0.6) is 0 Å². The average Bonchev–Trinajstić information content (AvgIpc) is 2.24. The van der Waals surface area contributed by atoms with Gasteiger partial charge in [0.1, 0.15) is 5.60 Å². The van der Waals surface area contributed by atoms with E-state index < -0.39 is 5.60 Å². The van der Waals surface area contributed by atoms with Gasteiger partial charge in [-0.1, -0.05) is 0 Å². The summed E-state index contributed by atoms with van der Waals surface area (Å²) in [4.78, 5) is 24.8. The normalized spacial score (nSPS) is 11.5. The summed E-state index contributed by atoms with van der Waals surface area (Å²) < 4.78 is 10.0. The van der Waals surface area contributed by atoms with Gasteiger partial charge in [-0.25, -0.2) is 0 Å². The van der Waals surface area contributed by atoms with E-state index in [1.165, 1.54) is 0 Å². The van der Waals surface area contributed by atoms with E-state index in [0.29, 0.717) is 19.7 Å². The third kappa shape index (κ3) is 11.7. The molecule has 0 radical (unpaired) electrons. The van der Waals surface area contributed by atoms with Crippen LogP contribution >= 0.6 is 0 Å². The monoisotopic (exact) mass is 274 g/mol. The molecule has 0 aliphatic carbocycles. The van der Waals surface area contributed by atoms with Gasteiger partial charge in [0.25, 0.3) is 0 Å². The van der Waals surface area contributed by atoms with E-state index in [9.17, 15) is 9.59 Å². The van der Waals surface area contributed by atoms with Crippen molar-refractivity contribution < 1.29 is 19.1 Å². The number of hydrogen-bond donors (Lipinski definition) is 1. The molecule has 0 fully saturated rings. The van der Waals surface area contributed by atoms with Crippen LogP contribution in [0.2, 0.25) is 0 Å². The van der Waals surface area contributed by atoms with Crippen molar-refractivity contribution in [3.05, 3.63) is 0 Å². The molecule has 0 unspecified atom stereocenters. The van der Waals surface area contributed by atoms with Gasteiger partial charge in [-0.15, -0.1) is 0 Å². The topological polar surface area (TPSA) is 67.9 Å². The van der Waals surface area contributed by atoms with E-state index in [0.717, 1.165) is 0 Å². The first kappa shape index (κ1) is 17.9.